The van der Waals surface area contributed by atoms with E-state index in [9.17, 15) is 19.2 Å². The van der Waals surface area contributed by atoms with Gasteiger partial charge in [-0.15, -0.1) is 0 Å². The summed E-state index contributed by atoms with van der Waals surface area (Å²) in [5.74, 6) is -1.19. The second-order valence-electron chi connectivity index (χ2n) is 6.02. The number of nitrogens with one attached hydrogen (secondary N) is 3. The van der Waals surface area contributed by atoms with Crippen molar-refractivity contribution in [2.75, 3.05) is 13.2 Å². The smallest absolute Gasteiger partial charge is 0.325 e. The third-order valence-corrected chi connectivity index (χ3v) is 4.00. The lowest BCUT2D eigenvalue weighted by molar-refractivity contribution is -0.148. The van der Waals surface area contributed by atoms with E-state index in [1.54, 1.807) is 12.1 Å². The van der Waals surface area contributed by atoms with Crippen LogP contribution < -0.4 is 16.0 Å². The molecule has 3 N–H and O–H groups in total. The van der Waals surface area contributed by atoms with Crippen molar-refractivity contribution in [1.29, 1.82) is 0 Å². The van der Waals surface area contributed by atoms with Crippen molar-refractivity contribution in [3.8, 4) is 0 Å². The Labute approximate surface area is 150 Å². The first-order chi connectivity index (χ1) is 12.5. The molecule has 2 rings (SSSR count). The number of carbonyl (C=O) groups is 4. The molecule has 0 aromatic carbocycles. The van der Waals surface area contributed by atoms with E-state index in [1.807, 2.05) is 5.32 Å². The summed E-state index contributed by atoms with van der Waals surface area (Å²) in [7, 11) is 0. The molecule has 1 saturated carbocycles. The third-order valence-electron chi connectivity index (χ3n) is 4.00. The van der Waals surface area contributed by atoms with Gasteiger partial charge in [-0.05, 0) is 25.0 Å². The molecular weight excluding hydrogens is 342 g/mol. The van der Waals surface area contributed by atoms with Gasteiger partial charge in [0.25, 0.3) is 5.91 Å². The molecule has 4 amide bonds. The zero-order valence-corrected chi connectivity index (χ0v) is 14.4. The highest BCUT2D eigenvalue weighted by molar-refractivity contribution is 5.95. The second-order valence-corrected chi connectivity index (χ2v) is 6.02. The number of urea groups is 1. The van der Waals surface area contributed by atoms with Gasteiger partial charge in [0, 0.05) is 5.92 Å². The van der Waals surface area contributed by atoms with Crippen LogP contribution >= 0.6 is 0 Å². The van der Waals surface area contributed by atoms with Crippen molar-refractivity contribution in [2.24, 2.45) is 5.92 Å². The molecule has 0 atom stereocenters. The molecular formula is C17H23N3O6. The van der Waals surface area contributed by atoms with Gasteiger partial charge < -0.3 is 19.8 Å². The van der Waals surface area contributed by atoms with Gasteiger partial charge in [0.15, 0.2) is 6.61 Å². The fourth-order valence-electron chi connectivity index (χ4n) is 2.65. The molecule has 26 heavy (non-hydrogen) atoms. The Kier molecular flexibility index (Phi) is 7.66. The van der Waals surface area contributed by atoms with E-state index in [-0.39, 0.29) is 24.9 Å². The number of amides is 4. The lowest BCUT2D eigenvalue weighted by atomic mass is 9.89. The molecule has 1 aromatic heterocycles. The van der Waals surface area contributed by atoms with E-state index in [4.69, 9.17) is 9.15 Å². The Morgan fingerprint density at radius 3 is 2.58 bits per heavy atom. The SMILES string of the molecule is O=C(COC(=O)CNC(=O)C1CCCCC1)NC(=O)NCc1ccco1. The van der Waals surface area contributed by atoms with E-state index in [2.05, 4.69) is 10.6 Å². The summed E-state index contributed by atoms with van der Waals surface area (Å²) in [5.41, 5.74) is 0. The quantitative estimate of drug-likeness (QED) is 0.615. The van der Waals surface area contributed by atoms with Crippen molar-refractivity contribution in [2.45, 2.75) is 38.6 Å². The van der Waals surface area contributed by atoms with Crippen LogP contribution in [0.4, 0.5) is 4.79 Å². The predicted octanol–water partition coefficient (Wildman–Crippen LogP) is 0.845. The number of imide groups is 1. The summed E-state index contributed by atoms with van der Waals surface area (Å²) in [5, 5.41) is 6.95. The number of esters is 1. The van der Waals surface area contributed by atoms with Crippen LogP contribution in [0.15, 0.2) is 22.8 Å². The van der Waals surface area contributed by atoms with Crippen molar-refractivity contribution in [3.05, 3.63) is 24.2 Å². The molecule has 0 unspecified atom stereocenters. The number of hydrogen-bond donors (Lipinski definition) is 3. The molecule has 1 aliphatic rings. The fourth-order valence-corrected chi connectivity index (χ4v) is 2.65. The van der Waals surface area contributed by atoms with Crippen LogP contribution in [0, 0.1) is 5.92 Å². The Morgan fingerprint density at radius 1 is 1.12 bits per heavy atom. The van der Waals surface area contributed by atoms with Gasteiger partial charge in [0.1, 0.15) is 12.3 Å². The van der Waals surface area contributed by atoms with Gasteiger partial charge in [-0.2, -0.15) is 0 Å². The number of furan rings is 1. The number of rotatable bonds is 7. The Bertz CT molecular complexity index is 622. The molecule has 142 valence electrons. The van der Waals surface area contributed by atoms with Crippen molar-refractivity contribution >= 4 is 23.8 Å². The maximum Gasteiger partial charge on any atom is 0.325 e. The predicted molar refractivity (Wildman–Crippen MR) is 89.6 cm³/mol. The average Bonchev–Trinajstić information content (AvgIpc) is 3.17. The maximum atomic E-state index is 11.9. The zero-order chi connectivity index (χ0) is 18.8. The lowest BCUT2D eigenvalue weighted by Crippen LogP contribution is -2.42. The summed E-state index contributed by atoms with van der Waals surface area (Å²) < 4.78 is 9.76. The van der Waals surface area contributed by atoms with Crippen molar-refractivity contribution in [3.63, 3.8) is 0 Å². The van der Waals surface area contributed by atoms with Crippen LogP contribution in [0.2, 0.25) is 0 Å². The molecule has 0 radical (unpaired) electrons. The topological polar surface area (TPSA) is 127 Å². The molecule has 0 saturated heterocycles. The van der Waals surface area contributed by atoms with E-state index >= 15 is 0 Å². The molecule has 1 heterocycles. The molecule has 0 aliphatic heterocycles. The molecule has 1 fully saturated rings. The van der Waals surface area contributed by atoms with E-state index < -0.39 is 24.5 Å². The van der Waals surface area contributed by atoms with Gasteiger partial charge in [-0.1, -0.05) is 19.3 Å². The van der Waals surface area contributed by atoms with Gasteiger partial charge in [0.05, 0.1) is 12.8 Å². The normalized spacial score (nSPS) is 14.3. The van der Waals surface area contributed by atoms with E-state index in [0.717, 1.165) is 32.1 Å². The molecule has 9 heteroatoms. The summed E-state index contributed by atoms with van der Waals surface area (Å²) >= 11 is 0. The van der Waals surface area contributed by atoms with Gasteiger partial charge in [0.2, 0.25) is 5.91 Å². The Balaban J connectivity index is 1.56. The highest BCUT2D eigenvalue weighted by Gasteiger charge is 2.21. The molecule has 1 aromatic rings. The van der Waals surface area contributed by atoms with Crippen LogP contribution in [-0.2, 0) is 25.7 Å². The lowest BCUT2D eigenvalue weighted by Gasteiger charge is -2.20. The minimum absolute atomic E-state index is 0.0577. The average molecular weight is 365 g/mol. The number of carbonyl (C=O) groups excluding carboxylic acids is 4. The van der Waals surface area contributed by atoms with Crippen LogP contribution in [0.3, 0.4) is 0 Å². The first-order valence-corrected chi connectivity index (χ1v) is 8.58. The maximum absolute atomic E-state index is 11.9. The summed E-state index contributed by atoms with van der Waals surface area (Å²) in [6.45, 7) is -0.779. The molecule has 0 spiro atoms. The molecule has 9 nitrogen and oxygen atoms in total. The summed E-state index contributed by atoms with van der Waals surface area (Å²) in [6.07, 6.45) is 6.30. The highest BCUT2D eigenvalue weighted by Crippen LogP contribution is 2.23. The zero-order valence-electron chi connectivity index (χ0n) is 14.4. The second kappa shape index (κ2) is 10.2. The van der Waals surface area contributed by atoms with Crippen LogP contribution in [0.25, 0.3) is 0 Å². The van der Waals surface area contributed by atoms with Gasteiger partial charge in [-0.3, -0.25) is 19.7 Å². The van der Waals surface area contributed by atoms with Crippen molar-refractivity contribution < 1.29 is 28.3 Å². The van der Waals surface area contributed by atoms with E-state index in [0.29, 0.717) is 5.76 Å². The highest BCUT2D eigenvalue weighted by atomic mass is 16.5. The number of ether oxygens (including phenoxy) is 1. The number of hydrogen-bond acceptors (Lipinski definition) is 6. The van der Waals surface area contributed by atoms with Crippen LogP contribution in [0.5, 0.6) is 0 Å². The minimum Gasteiger partial charge on any atom is -0.467 e. The van der Waals surface area contributed by atoms with Gasteiger partial charge in [-0.25, -0.2) is 4.79 Å². The first-order valence-electron chi connectivity index (χ1n) is 8.58. The molecule has 1 aliphatic carbocycles. The summed E-state index contributed by atoms with van der Waals surface area (Å²) in [6, 6.07) is 2.62. The van der Waals surface area contributed by atoms with E-state index in [1.165, 1.54) is 6.26 Å². The minimum atomic E-state index is -0.770. The van der Waals surface area contributed by atoms with Crippen LogP contribution in [-0.4, -0.2) is 37.0 Å². The van der Waals surface area contributed by atoms with Crippen molar-refractivity contribution in [1.82, 2.24) is 16.0 Å². The Hall–Kier alpha value is -2.84. The fraction of sp³-hybridized carbons (Fsp3) is 0.529. The molecule has 0 bridgehead atoms. The van der Waals surface area contributed by atoms with Crippen LogP contribution in [0.1, 0.15) is 37.9 Å². The Morgan fingerprint density at radius 2 is 1.88 bits per heavy atom. The summed E-state index contributed by atoms with van der Waals surface area (Å²) in [4.78, 5) is 46.5. The first kappa shape index (κ1) is 19.5. The van der Waals surface area contributed by atoms with Gasteiger partial charge >= 0.3 is 12.0 Å². The third kappa shape index (κ3) is 6.96. The standard InChI is InChI=1S/C17H23N3O6/c21-14(20-17(24)19-9-13-7-4-8-25-13)11-26-15(22)10-18-16(23)12-5-2-1-3-6-12/h4,7-8,12H,1-3,5-6,9-11H2,(H,18,23)(H2,19,20,21,24). The monoisotopic (exact) mass is 365 g/mol. The largest absolute Gasteiger partial charge is 0.467 e.